The molecule has 1 fully saturated rings. The summed E-state index contributed by atoms with van der Waals surface area (Å²) in [6, 6.07) is 2.98. The molecule has 14 heteroatoms. The predicted molar refractivity (Wildman–Crippen MR) is 148 cm³/mol. The first-order chi connectivity index (χ1) is 19.6. The number of nitrogens with zero attached hydrogens (tertiary/aromatic N) is 6. The molecule has 12 nitrogen and oxygen atoms in total. The molecule has 0 unspecified atom stereocenters. The van der Waals surface area contributed by atoms with Gasteiger partial charge in [-0.25, -0.2) is 13.8 Å². The van der Waals surface area contributed by atoms with Gasteiger partial charge in [0, 0.05) is 31.1 Å². The number of hydrogen-bond acceptors (Lipinski definition) is 9. The second-order valence-electron chi connectivity index (χ2n) is 9.86. The molecular weight excluding hydrogens is 555 g/mol. The van der Waals surface area contributed by atoms with E-state index >= 15 is 0 Å². The molecule has 0 spiro atoms. The zero-order valence-corrected chi connectivity index (χ0v) is 23.8. The van der Waals surface area contributed by atoms with Crippen LogP contribution in [-0.2, 0) is 20.9 Å². The number of methoxy groups -OCH3 is 1. The van der Waals surface area contributed by atoms with Crippen LogP contribution in [0.4, 0.5) is 4.39 Å². The van der Waals surface area contributed by atoms with Gasteiger partial charge < -0.3 is 14.4 Å². The Balaban J connectivity index is 1.74. The van der Waals surface area contributed by atoms with Gasteiger partial charge in [0.1, 0.15) is 39.3 Å². The van der Waals surface area contributed by atoms with Gasteiger partial charge in [0.2, 0.25) is 5.91 Å². The molecule has 0 bridgehead atoms. The van der Waals surface area contributed by atoms with E-state index in [1.165, 1.54) is 58.9 Å². The van der Waals surface area contributed by atoms with E-state index in [4.69, 9.17) is 9.47 Å². The first kappa shape index (κ1) is 28.4. The number of amides is 1. The summed E-state index contributed by atoms with van der Waals surface area (Å²) in [6.07, 6.45) is 2.45. The summed E-state index contributed by atoms with van der Waals surface area (Å²) in [6.45, 7) is 3.41. The molecule has 3 aromatic heterocycles. The van der Waals surface area contributed by atoms with Crippen LogP contribution in [0.2, 0.25) is 0 Å². The molecule has 1 saturated heterocycles. The number of benzene rings is 1. The van der Waals surface area contributed by atoms with E-state index in [0.29, 0.717) is 39.7 Å². The molecule has 2 atom stereocenters. The normalized spacial score (nSPS) is 16.1. The second-order valence-corrected chi connectivity index (χ2v) is 10.8. The summed E-state index contributed by atoms with van der Waals surface area (Å²) in [5.74, 6) is -0.648. The van der Waals surface area contributed by atoms with Gasteiger partial charge in [0.25, 0.3) is 5.56 Å². The quantitative estimate of drug-likeness (QED) is 0.278. The van der Waals surface area contributed by atoms with E-state index in [-0.39, 0.29) is 36.6 Å². The number of ether oxygens (including phenoxy) is 2. The molecular formula is C27H29FN6O6S. The van der Waals surface area contributed by atoms with Crippen LogP contribution in [0.1, 0.15) is 43.0 Å². The largest absolute Gasteiger partial charge is 0.496 e. The van der Waals surface area contributed by atoms with Crippen LogP contribution >= 0.6 is 11.3 Å². The summed E-state index contributed by atoms with van der Waals surface area (Å²) < 4.78 is 28.4. The molecule has 1 aliphatic rings. The number of fused-ring (bicyclic) bond motifs is 1. The zero-order valence-electron chi connectivity index (χ0n) is 23.0. The lowest BCUT2D eigenvalue weighted by atomic mass is 10.1. The maximum atomic E-state index is 14.4. The van der Waals surface area contributed by atoms with Crippen molar-refractivity contribution >= 4 is 33.2 Å². The van der Waals surface area contributed by atoms with Crippen molar-refractivity contribution in [3.8, 4) is 10.8 Å². The lowest BCUT2D eigenvalue weighted by Gasteiger charge is -2.23. The monoisotopic (exact) mass is 584 g/mol. The Bertz CT molecular complexity index is 1740. The Morgan fingerprint density at radius 2 is 1.95 bits per heavy atom. The molecule has 4 aromatic rings. The first-order valence-corrected chi connectivity index (χ1v) is 13.8. The number of Topliss-reactive ketones (excluding diaryl/α,β-unsaturated/α-hetero) is 1. The zero-order chi connectivity index (χ0) is 29.4. The van der Waals surface area contributed by atoms with Crippen molar-refractivity contribution in [3.63, 3.8) is 0 Å². The minimum absolute atomic E-state index is 0.00896. The Hall–Kier alpha value is -4.17. The number of ketones is 1. The average molecular weight is 585 g/mol. The van der Waals surface area contributed by atoms with Gasteiger partial charge in [-0.05, 0) is 38.5 Å². The van der Waals surface area contributed by atoms with Gasteiger partial charge in [-0.2, -0.15) is 10.2 Å². The Kier molecular flexibility index (Phi) is 7.87. The number of aryl methyl sites for hydroxylation is 1. The van der Waals surface area contributed by atoms with Gasteiger partial charge in [0.05, 0.1) is 38.0 Å². The highest BCUT2D eigenvalue weighted by Gasteiger charge is 2.35. The van der Waals surface area contributed by atoms with Crippen molar-refractivity contribution in [2.24, 2.45) is 0 Å². The molecule has 0 N–H and O–H groups in total. The molecule has 216 valence electrons. The molecule has 0 aliphatic carbocycles. The first-order valence-electron chi connectivity index (χ1n) is 13.0. The molecule has 1 amide bonds. The summed E-state index contributed by atoms with van der Waals surface area (Å²) in [7, 11) is 3.05. The maximum Gasteiger partial charge on any atom is 0.332 e. The third-order valence-corrected chi connectivity index (χ3v) is 8.47. The van der Waals surface area contributed by atoms with Crippen molar-refractivity contribution in [3.05, 3.63) is 68.4 Å². The fourth-order valence-electron chi connectivity index (χ4n) is 5.05. The van der Waals surface area contributed by atoms with E-state index in [1.54, 1.807) is 14.0 Å². The Morgan fingerprint density at radius 1 is 1.22 bits per heavy atom. The molecule has 5 rings (SSSR count). The van der Waals surface area contributed by atoms with Crippen molar-refractivity contribution in [2.75, 3.05) is 27.3 Å². The predicted octanol–water partition coefficient (Wildman–Crippen LogP) is 2.40. The maximum absolute atomic E-state index is 14.4. The number of hydrogen-bond donors (Lipinski definition) is 0. The molecule has 1 aliphatic heterocycles. The standard InChI is InChI=1S/C27H29FN6O6S/c1-15(35)8-12-40-21(18-13-17(28)5-6-20(18)39-4)14-32-26-22(16(2)25(41-26)34-29-9-10-30-34)24(37)33(27(32)38)19-7-11-31(3)23(19)36/h5-6,9-10,13,19,21H,7-8,11-12,14H2,1-4H3/t19-,21-/m0/s1. The van der Waals surface area contributed by atoms with E-state index < -0.39 is 29.2 Å². The van der Waals surface area contributed by atoms with Crippen LogP contribution in [0.3, 0.4) is 0 Å². The van der Waals surface area contributed by atoms with Crippen LogP contribution in [0.15, 0.2) is 40.2 Å². The van der Waals surface area contributed by atoms with Crippen molar-refractivity contribution < 1.29 is 23.5 Å². The number of likely N-dealkylation sites (N-methyl/N-ethyl adjacent to an activating group) is 1. The molecule has 0 radical (unpaired) electrons. The van der Waals surface area contributed by atoms with Crippen LogP contribution in [0.25, 0.3) is 15.2 Å². The van der Waals surface area contributed by atoms with Gasteiger partial charge in [-0.15, -0.1) is 4.80 Å². The van der Waals surface area contributed by atoms with Crippen molar-refractivity contribution in [2.45, 2.75) is 45.4 Å². The number of rotatable bonds is 10. The van der Waals surface area contributed by atoms with Gasteiger partial charge in [-0.1, -0.05) is 11.3 Å². The minimum Gasteiger partial charge on any atom is -0.496 e. The lowest BCUT2D eigenvalue weighted by Crippen LogP contribution is -2.44. The summed E-state index contributed by atoms with van der Waals surface area (Å²) in [5.41, 5.74) is -0.412. The number of carbonyl (C=O) groups is 2. The van der Waals surface area contributed by atoms with Crippen molar-refractivity contribution in [1.29, 1.82) is 0 Å². The molecule has 4 heterocycles. The number of halogens is 1. The van der Waals surface area contributed by atoms with Crippen LogP contribution in [0, 0.1) is 12.7 Å². The van der Waals surface area contributed by atoms with Gasteiger partial charge >= 0.3 is 5.69 Å². The summed E-state index contributed by atoms with van der Waals surface area (Å²) >= 11 is 1.15. The minimum atomic E-state index is -0.970. The fourth-order valence-corrected chi connectivity index (χ4v) is 6.27. The number of aromatic nitrogens is 5. The number of likely N-dealkylation sites (tertiary alicyclic amines) is 1. The van der Waals surface area contributed by atoms with E-state index in [1.807, 2.05) is 0 Å². The third-order valence-electron chi connectivity index (χ3n) is 7.19. The molecule has 0 saturated carbocycles. The topological polar surface area (TPSA) is 131 Å². The summed E-state index contributed by atoms with van der Waals surface area (Å²) in [4.78, 5) is 55.8. The van der Waals surface area contributed by atoms with E-state index in [2.05, 4.69) is 10.2 Å². The highest BCUT2D eigenvalue weighted by molar-refractivity contribution is 7.21. The van der Waals surface area contributed by atoms with Crippen molar-refractivity contribution in [1.82, 2.24) is 29.0 Å². The van der Waals surface area contributed by atoms with Crippen LogP contribution in [-0.4, -0.2) is 68.0 Å². The van der Waals surface area contributed by atoms with E-state index in [9.17, 15) is 23.6 Å². The average Bonchev–Trinajstić information content (AvgIpc) is 3.66. The Labute approximate surface area is 237 Å². The highest BCUT2D eigenvalue weighted by atomic mass is 32.1. The van der Waals surface area contributed by atoms with E-state index in [0.717, 1.165) is 15.9 Å². The number of carbonyl (C=O) groups excluding carboxylic acids is 2. The van der Waals surface area contributed by atoms with Crippen LogP contribution < -0.4 is 16.0 Å². The summed E-state index contributed by atoms with van der Waals surface area (Å²) in [5, 5.41) is 9.15. The SMILES string of the molecule is COc1ccc(F)cc1[C@H](Cn1c(=O)n([C@H]2CCN(C)C2=O)c(=O)c2c(C)c(-n3nccn3)sc21)OCCC(C)=O. The highest BCUT2D eigenvalue weighted by Crippen LogP contribution is 2.34. The lowest BCUT2D eigenvalue weighted by molar-refractivity contribution is -0.129. The van der Waals surface area contributed by atoms with Crippen LogP contribution in [0.5, 0.6) is 5.75 Å². The third kappa shape index (κ3) is 5.20. The second kappa shape index (κ2) is 11.4. The van der Waals surface area contributed by atoms with Gasteiger partial charge in [-0.3, -0.25) is 19.0 Å². The molecule has 41 heavy (non-hydrogen) atoms. The fraction of sp³-hybridized carbons (Fsp3) is 0.407. The smallest absolute Gasteiger partial charge is 0.332 e. The van der Waals surface area contributed by atoms with Gasteiger partial charge in [0.15, 0.2) is 0 Å². The Morgan fingerprint density at radius 3 is 2.59 bits per heavy atom. The number of thiophene rings is 1. The molecule has 1 aromatic carbocycles.